The normalized spacial score (nSPS) is 15.1. The second-order valence-electron chi connectivity index (χ2n) is 6.60. The van der Waals surface area contributed by atoms with Crippen LogP contribution in [0.5, 0.6) is 0 Å². The van der Waals surface area contributed by atoms with E-state index in [0.29, 0.717) is 12.2 Å². The molecule has 4 rings (SSSR count). The summed E-state index contributed by atoms with van der Waals surface area (Å²) in [7, 11) is 0. The van der Waals surface area contributed by atoms with Gasteiger partial charge in [0.05, 0.1) is 0 Å². The summed E-state index contributed by atoms with van der Waals surface area (Å²) in [5.74, 6) is 0. The van der Waals surface area contributed by atoms with Crippen LogP contribution < -0.4 is 10.6 Å². The molecular weight excluding hydrogens is 362 g/mol. The van der Waals surface area contributed by atoms with Crippen molar-refractivity contribution in [3.63, 3.8) is 0 Å². The molecule has 144 valence electrons. The van der Waals surface area contributed by atoms with Crippen molar-refractivity contribution in [1.82, 2.24) is 19.1 Å². The predicted octanol–water partition coefficient (Wildman–Crippen LogP) is 3.00. The minimum Gasteiger partial charge on any atom is -0.369 e. The Hall–Kier alpha value is -2.31. The molecule has 1 fully saturated rings. The Bertz CT molecular complexity index is 943. The maximum absolute atomic E-state index is 12.3. The van der Waals surface area contributed by atoms with Crippen LogP contribution in [0.1, 0.15) is 13.8 Å². The monoisotopic (exact) mass is 387 g/mol. The summed E-state index contributed by atoms with van der Waals surface area (Å²) in [5.41, 5.74) is 1.83. The number of hydrogen-bond donors (Lipinski definition) is 0. The lowest BCUT2D eigenvalue weighted by molar-refractivity contribution is 0.248. The Morgan fingerprint density at radius 1 is 1.00 bits per heavy atom. The molecule has 0 aliphatic carbocycles. The molecule has 0 N–H and O–H groups in total. The molecular formula is C20H26ClN5O. The summed E-state index contributed by atoms with van der Waals surface area (Å²) >= 11 is 6.09. The van der Waals surface area contributed by atoms with Crippen molar-refractivity contribution in [3.05, 3.63) is 64.2 Å². The number of fused-ring (bicyclic) bond motifs is 1. The average molecular weight is 388 g/mol. The SMILES string of the molecule is C.O=c1n(CCCN2CCN(c3cccc(Cl)c3)CC2)nc2ccccn12. The summed E-state index contributed by atoms with van der Waals surface area (Å²) in [4.78, 5) is 17.1. The number of piperazine rings is 1. The Morgan fingerprint density at radius 3 is 2.56 bits per heavy atom. The lowest BCUT2D eigenvalue weighted by Crippen LogP contribution is -2.46. The highest BCUT2D eigenvalue weighted by atomic mass is 35.5. The van der Waals surface area contributed by atoms with E-state index in [0.717, 1.165) is 44.2 Å². The van der Waals surface area contributed by atoms with Gasteiger partial charge in [-0.15, -0.1) is 5.10 Å². The third-order valence-corrected chi connectivity index (χ3v) is 5.11. The Labute approximate surface area is 164 Å². The highest BCUT2D eigenvalue weighted by Gasteiger charge is 2.17. The first-order valence-corrected chi connectivity index (χ1v) is 9.35. The number of halogens is 1. The molecule has 3 heterocycles. The second-order valence-corrected chi connectivity index (χ2v) is 7.03. The molecule has 0 unspecified atom stereocenters. The number of nitrogens with zero attached hydrogens (tertiary/aromatic N) is 5. The molecule has 1 aliphatic heterocycles. The third kappa shape index (κ3) is 4.34. The van der Waals surface area contributed by atoms with Gasteiger partial charge in [0.2, 0.25) is 0 Å². The van der Waals surface area contributed by atoms with E-state index in [9.17, 15) is 4.79 Å². The van der Waals surface area contributed by atoms with E-state index in [1.807, 2.05) is 36.4 Å². The molecule has 27 heavy (non-hydrogen) atoms. The first-order valence-electron chi connectivity index (χ1n) is 8.98. The second kappa shape index (κ2) is 8.59. The number of benzene rings is 1. The van der Waals surface area contributed by atoms with Crippen molar-refractivity contribution in [2.45, 2.75) is 20.4 Å². The zero-order valence-corrected chi connectivity index (χ0v) is 15.3. The number of rotatable bonds is 5. The highest BCUT2D eigenvalue weighted by Crippen LogP contribution is 2.20. The van der Waals surface area contributed by atoms with E-state index in [-0.39, 0.29) is 13.1 Å². The van der Waals surface area contributed by atoms with Gasteiger partial charge in [0, 0.05) is 56.2 Å². The van der Waals surface area contributed by atoms with E-state index in [1.165, 1.54) is 5.69 Å². The zero-order valence-electron chi connectivity index (χ0n) is 14.6. The topological polar surface area (TPSA) is 45.8 Å². The molecule has 0 radical (unpaired) electrons. The number of aromatic nitrogens is 3. The number of anilines is 1. The molecule has 7 heteroatoms. The van der Waals surface area contributed by atoms with Gasteiger partial charge in [-0.3, -0.25) is 9.30 Å². The van der Waals surface area contributed by atoms with Gasteiger partial charge in [0.25, 0.3) is 0 Å². The number of aryl methyl sites for hydroxylation is 1. The van der Waals surface area contributed by atoms with E-state index < -0.39 is 0 Å². The molecule has 3 aromatic rings. The lowest BCUT2D eigenvalue weighted by atomic mass is 10.2. The van der Waals surface area contributed by atoms with Crippen molar-refractivity contribution in [1.29, 1.82) is 0 Å². The molecule has 0 bridgehead atoms. The standard InChI is InChI=1S/C19H22ClN5O.CH4/c20-16-5-3-6-17(15-16)23-13-11-22(12-14-23)8-4-10-25-19(26)24-9-2-1-7-18(24)21-25;/h1-3,5-7,9,15H,4,8,10-14H2;1H4. The van der Waals surface area contributed by atoms with Crippen molar-refractivity contribution >= 4 is 22.9 Å². The van der Waals surface area contributed by atoms with Crippen LogP contribution in [0.3, 0.4) is 0 Å². The quantitative estimate of drug-likeness (QED) is 0.675. The van der Waals surface area contributed by atoms with Crippen LogP contribution in [0.15, 0.2) is 53.5 Å². The van der Waals surface area contributed by atoms with Crippen molar-refractivity contribution in [2.75, 3.05) is 37.6 Å². The van der Waals surface area contributed by atoms with Crippen molar-refractivity contribution in [3.8, 4) is 0 Å². The molecule has 6 nitrogen and oxygen atoms in total. The van der Waals surface area contributed by atoms with Crippen LogP contribution in [0.4, 0.5) is 5.69 Å². The van der Waals surface area contributed by atoms with Crippen LogP contribution in [0, 0.1) is 0 Å². The van der Waals surface area contributed by atoms with E-state index in [4.69, 9.17) is 11.6 Å². The van der Waals surface area contributed by atoms with Gasteiger partial charge in [-0.05, 0) is 36.8 Å². The smallest absolute Gasteiger partial charge is 0.350 e. The van der Waals surface area contributed by atoms with Crippen LogP contribution >= 0.6 is 11.6 Å². The van der Waals surface area contributed by atoms with Crippen molar-refractivity contribution in [2.24, 2.45) is 0 Å². The average Bonchev–Trinajstić information content (AvgIpc) is 2.99. The largest absolute Gasteiger partial charge is 0.369 e. The van der Waals surface area contributed by atoms with Crippen LogP contribution in [-0.2, 0) is 6.54 Å². The lowest BCUT2D eigenvalue weighted by Gasteiger charge is -2.36. The maximum Gasteiger partial charge on any atom is 0.350 e. The van der Waals surface area contributed by atoms with Gasteiger partial charge >= 0.3 is 5.69 Å². The number of hydrogen-bond acceptors (Lipinski definition) is 4. The minimum absolute atomic E-state index is 0. The van der Waals surface area contributed by atoms with E-state index in [2.05, 4.69) is 21.0 Å². The summed E-state index contributed by atoms with van der Waals surface area (Å²) in [6.45, 7) is 5.65. The van der Waals surface area contributed by atoms with Gasteiger partial charge in [-0.2, -0.15) is 0 Å². The van der Waals surface area contributed by atoms with Crippen LogP contribution in [-0.4, -0.2) is 51.8 Å². The summed E-state index contributed by atoms with van der Waals surface area (Å²) in [6, 6.07) is 13.6. The maximum atomic E-state index is 12.3. The fraction of sp³-hybridized carbons (Fsp3) is 0.400. The van der Waals surface area contributed by atoms with Crippen LogP contribution in [0.2, 0.25) is 5.02 Å². The van der Waals surface area contributed by atoms with Crippen LogP contribution in [0.25, 0.3) is 5.65 Å². The molecule has 1 aliphatic rings. The van der Waals surface area contributed by atoms with Gasteiger partial charge in [0.1, 0.15) is 0 Å². The summed E-state index contributed by atoms with van der Waals surface area (Å²) in [5, 5.41) is 5.16. The van der Waals surface area contributed by atoms with E-state index >= 15 is 0 Å². The zero-order chi connectivity index (χ0) is 17.9. The highest BCUT2D eigenvalue weighted by molar-refractivity contribution is 6.30. The molecule has 1 aromatic carbocycles. The summed E-state index contributed by atoms with van der Waals surface area (Å²) < 4.78 is 3.15. The Kier molecular flexibility index (Phi) is 6.19. The van der Waals surface area contributed by atoms with Gasteiger partial charge < -0.3 is 4.90 Å². The van der Waals surface area contributed by atoms with Gasteiger partial charge in [-0.25, -0.2) is 9.48 Å². The fourth-order valence-electron chi connectivity index (χ4n) is 3.46. The first kappa shape index (κ1) is 19.5. The minimum atomic E-state index is -0.0635. The Balaban J connectivity index is 0.00000210. The van der Waals surface area contributed by atoms with Gasteiger partial charge in [-0.1, -0.05) is 31.2 Å². The molecule has 2 aromatic heterocycles. The molecule has 0 atom stereocenters. The number of pyridine rings is 1. The van der Waals surface area contributed by atoms with E-state index in [1.54, 1.807) is 15.3 Å². The molecule has 0 saturated carbocycles. The summed E-state index contributed by atoms with van der Waals surface area (Å²) in [6.07, 6.45) is 2.68. The fourth-order valence-corrected chi connectivity index (χ4v) is 3.64. The van der Waals surface area contributed by atoms with Gasteiger partial charge in [0.15, 0.2) is 5.65 Å². The third-order valence-electron chi connectivity index (χ3n) is 4.88. The predicted molar refractivity (Wildman–Crippen MR) is 111 cm³/mol. The Morgan fingerprint density at radius 2 is 1.81 bits per heavy atom. The molecule has 0 spiro atoms. The molecule has 0 amide bonds. The first-order chi connectivity index (χ1) is 12.7. The van der Waals surface area contributed by atoms with Crippen molar-refractivity contribution < 1.29 is 0 Å². The molecule has 1 saturated heterocycles.